The van der Waals surface area contributed by atoms with Crippen molar-refractivity contribution in [2.75, 3.05) is 6.61 Å². The molecule has 2 heterocycles. The fourth-order valence-electron chi connectivity index (χ4n) is 1.91. The van der Waals surface area contributed by atoms with E-state index in [9.17, 15) is 0 Å². The van der Waals surface area contributed by atoms with Gasteiger partial charge in [-0.1, -0.05) is 29.8 Å². The van der Waals surface area contributed by atoms with Crippen molar-refractivity contribution < 1.29 is 4.74 Å². The number of ether oxygens (including phenoxy) is 1. The average molecular weight is 267 g/mol. The Kier molecular flexibility index (Phi) is 3.01. The molecule has 5 heteroatoms. The van der Waals surface area contributed by atoms with Crippen LogP contribution in [0.5, 0.6) is 5.75 Å². The van der Waals surface area contributed by atoms with Crippen molar-refractivity contribution in [1.29, 1.82) is 0 Å². The molecule has 1 aromatic heterocycles. The summed E-state index contributed by atoms with van der Waals surface area (Å²) in [6.45, 7) is 1.40. The van der Waals surface area contributed by atoms with Gasteiger partial charge < -0.3 is 10.1 Å². The number of fused-ring (bicyclic) bond motifs is 1. The van der Waals surface area contributed by atoms with Crippen LogP contribution in [0.25, 0.3) is 0 Å². The maximum absolute atomic E-state index is 5.84. The summed E-state index contributed by atoms with van der Waals surface area (Å²) in [5.41, 5.74) is 1.22. The van der Waals surface area contributed by atoms with E-state index in [2.05, 4.69) is 16.4 Å². The van der Waals surface area contributed by atoms with Crippen molar-refractivity contribution in [3.05, 3.63) is 45.4 Å². The standard InChI is InChI=1S/C12H11ClN2OS/c13-11-5-15-12(17-11)6-14-9-7-16-10-4-2-1-3-8(9)10/h1-5,9,14H,6-7H2. The van der Waals surface area contributed by atoms with E-state index in [4.69, 9.17) is 16.3 Å². The SMILES string of the molecule is Clc1cnc(CNC2COc3ccccc32)s1. The molecule has 1 aliphatic rings. The van der Waals surface area contributed by atoms with E-state index >= 15 is 0 Å². The highest BCUT2D eigenvalue weighted by Crippen LogP contribution is 2.32. The van der Waals surface area contributed by atoms with Crippen LogP contribution in [0.2, 0.25) is 4.34 Å². The van der Waals surface area contributed by atoms with E-state index in [1.54, 1.807) is 6.20 Å². The molecule has 1 unspecified atom stereocenters. The molecule has 0 saturated carbocycles. The van der Waals surface area contributed by atoms with E-state index < -0.39 is 0 Å². The Balaban J connectivity index is 1.68. The lowest BCUT2D eigenvalue weighted by molar-refractivity contribution is 0.310. The second kappa shape index (κ2) is 4.64. The molecule has 3 nitrogen and oxygen atoms in total. The third kappa shape index (κ3) is 2.29. The molecular formula is C12H11ClN2OS. The molecule has 0 bridgehead atoms. The van der Waals surface area contributed by atoms with Crippen LogP contribution in [0.3, 0.4) is 0 Å². The summed E-state index contributed by atoms with van der Waals surface area (Å²) >= 11 is 7.34. The van der Waals surface area contributed by atoms with Crippen LogP contribution in [0.15, 0.2) is 30.5 Å². The zero-order valence-electron chi connectivity index (χ0n) is 9.02. The summed E-state index contributed by atoms with van der Waals surface area (Å²) in [6.07, 6.45) is 1.68. The van der Waals surface area contributed by atoms with E-state index in [0.717, 1.165) is 21.6 Å². The highest BCUT2D eigenvalue weighted by Gasteiger charge is 2.22. The molecule has 1 aliphatic heterocycles. The molecule has 17 heavy (non-hydrogen) atoms. The van der Waals surface area contributed by atoms with Gasteiger partial charge in [0.05, 0.1) is 12.2 Å². The van der Waals surface area contributed by atoms with E-state index in [-0.39, 0.29) is 6.04 Å². The minimum Gasteiger partial charge on any atom is -0.491 e. The lowest BCUT2D eigenvalue weighted by Gasteiger charge is -2.09. The van der Waals surface area contributed by atoms with Crippen molar-refractivity contribution >= 4 is 22.9 Å². The van der Waals surface area contributed by atoms with Gasteiger partial charge in [-0.2, -0.15) is 0 Å². The number of hydrogen-bond acceptors (Lipinski definition) is 4. The Morgan fingerprint density at radius 3 is 3.18 bits per heavy atom. The number of rotatable bonds is 3. The second-order valence-electron chi connectivity index (χ2n) is 3.84. The summed E-state index contributed by atoms with van der Waals surface area (Å²) in [7, 11) is 0. The number of nitrogens with one attached hydrogen (secondary N) is 1. The molecule has 0 aliphatic carbocycles. The van der Waals surface area contributed by atoms with Crippen LogP contribution in [-0.2, 0) is 6.54 Å². The minimum absolute atomic E-state index is 0.244. The molecule has 1 atom stereocenters. The molecule has 1 aromatic carbocycles. The molecule has 0 saturated heterocycles. The van der Waals surface area contributed by atoms with Crippen LogP contribution in [0, 0.1) is 0 Å². The maximum Gasteiger partial charge on any atom is 0.124 e. The maximum atomic E-state index is 5.84. The van der Waals surface area contributed by atoms with Gasteiger partial charge in [0.15, 0.2) is 0 Å². The number of halogens is 1. The van der Waals surface area contributed by atoms with E-state index in [1.807, 2.05) is 18.2 Å². The number of hydrogen-bond donors (Lipinski definition) is 1. The van der Waals surface area contributed by atoms with Crippen molar-refractivity contribution in [3.63, 3.8) is 0 Å². The van der Waals surface area contributed by atoms with Gasteiger partial charge in [-0.3, -0.25) is 0 Å². The first-order valence-corrected chi connectivity index (χ1v) is 6.58. The zero-order valence-corrected chi connectivity index (χ0v) is 10.6. The van der Waals surface area contributed by atoms with Crippen molar-refractivity contribution in [2.24, 2.45) is 0 Å². The number of benzene rings is 1. The molecule has 3 rings (SSSR count). The third-order valence-electron chi connectivity index (χ3n) is 2.72. The first-order chi connectivity index (χ1) is 8.33. The zero-order chi connectivity index (χ0) is 11.7. The van der Waals surface area contributed by atoms with Crippen LogP contribution in [0.1, 0.15) is 16.6 Å². The molecule has 0 spiro atoms. The molecular weight excluding hydrogens is 256 g/mol. The summed E-state index contributed by atoms with van der Waals surface area (Å²) in [5.74, 6) is 0.974. The predicted octanol–water partition coefficient (Wildman–Crippen LogP) is 3.02. The van der Waals surface area contributed by atoms with Crippen LogP contribution < -0.4 is 10.1 Å². The highest BCUT2D eigenvalue weighted by atomic mass is 35.5. The van der Waals surface area contributed by atoms with Gasteiger partial charge in [0.25, 0.3) is 0 Å². The Bertz CT molecular complexity index is 529. The number of nitrogens with zero attached hydrogens (tertiary/aromatic N) is 1. The van der Waals surface area contributed by atoms with Gasteiger partial charge in [0.1, 0.15) is 21.7 Å². The Labute approximate surface area is 108 Å². The van der Waals surface area contributed by atoms with Crippen molar-refractivity contribution in [1.82, 2.24) is 10.3 Å². The van der Waals surface area contributed by atoms with Gasteiger partial charge in [-0.25, -0.2) is 4.98 Å². The molecule has 0 amide bonds. The molecule has 88 valence electrons. The van der Waals surface area contributed by atoms with Crippen LogP contribution >= 0.6 is 22.9 Å². The summed E-state index contributed by atoms with van der Waals surface area (Å²) in [5, 5.41) is 4.43. The largest absolute Gasteiger partial charge is 0.491 e. The summed E-state index contributed by atoms with van der Waals surface area (Å²) in [6, 6.07) is 8.35. The van der Waals surface area contributed by atoms with E-state index in [0.29, 0.717) is 6.61 Å². The Morgan fingerprint density at radius 2 is 2.35 bits per heavy atom. The van der Waals surface area contributed by atoms with Crippen molar-refractivity contribution in [3.8, 4) is 5.75 Å². The second-order valence-corrected chi connectivity index (χ2v) is 5.59. The summed E-state index contributed by atoms with van der Waals surface area (Å²) in [4.78, 5) is 4.22. The lowest BCUT2D eigenvalue weighted by Crippen LogP contribution is -2.21. The molecule has 2 aromatic rings. The normalized spacial score (nSPS) is 17.8. The molecule has 0 radical (unpaired) electrons. The smallest absolute Gasteiger partial charge is 0.124 e. The minimum atomic E-state index is 0.244. The fraction of sp³-hybridized carbons (Fsp3) is 0.250. The molecule has 0 fully saturated rings. The van der Waals surface area contributed by atoms with Crippen LogP contribution in [0.4, 0.5) is 0 Å². The Hall–Kier alpha value is -1.10. The fourth-order valence-corrected chi connectivity index (χ4v) is 2.82. The Morgan fingerprint density at radius 1 is 1.47 bits per heavy atom. The predicted molar refractivity (Wildman–Crippen MR) is 68.6 cm³/mol. The number of thiazole rings is 1. The number of aromatic nitrogens is 1. The first-order valence-electron chi connectivity index (χ1n) is 5.38. The van der Waals surface area contributed by atoms with Crippen LogP contribution in [-0.4, -0.2) is 11.6 Å². The van der Waals surface area contributed by atoms with Gasteiger partial charge >= 0.3 is 0 Å². The van der Waals surface area contributed by atoms with E-state index in [1.165, 1.54) is 16.9 Å². The van der Waals surface area contributed by atoms with Gasteiger partial charge in [-0.15, -0.1) is 11.3 Å². The topological polar surface area (TPSA) is 34.2 Å². The van der Waals surface area contributed by atoms with Crippen molar-refractivity contribution in [2.45, 2.75) is 12.6 Å². The summed E-state index contributed by atoms with van der Waals surface area (Å²) < 4.78 is 6.33. The third-order valence-corrected chi connectivity index (χ3v) is 3.84. The lowest BCUT2D eigenvalue weighted by atomic mass is 10.1. The van der Waals surface area contributed by atoms with Gasteiger partial charge in [0.2, 0.25) is 0 Å². The molecule has 1 N–H and O–H groups in total. The number of para-hydroxylation sites is 1. The first kappa shape index (κ1) is 11.0. The average Bonchev–Trinajstić information content (AvgIpc) is 2.93. The monoisotopic (exact) mass is 266 g/mol. The quantitative estimate of drug-likeness (QED) is 0.927. The van der Waals surface area contributed by atoms with Gasteiger partial charge in [0, 0.05) is 12.1 Å². The highest BCUT2D eigenvalue weighted by molar-refractivity contribution is 7.15. The van der Waals surface area contributed by atoms with Gasteiger partial charge in [-0.05, 0) is 6.07 Å².